The van der Waals surface area contributed by atoms with Gasteiger partial charge in [0.05, 0.1) is 19.1 Å². The Hall–Kier alpha value is -2.22. The van der Waals surface area contributed by atoms with E-state index in [2.05, 4.69) is 26.9 Å². The molecule has 0 saturated carbocycles. The third-order valence-electron chi connectivity index (χ3n) is 5.27. The number of piperidine rings is 1. The average molecular weight is 344 g/mol. The lowest BCUT2D eigenvalue weighted by Crippen LogP contribution is -2.48. The molecule has 134 valence electrons. The maximum atomic E-state index is 12.9. The second-order valence-electron chi connectivity index (χ2n) is 6.84. The molecular weight excluding hydrogens is 320 g/mol. The number of fused-ring (bicyclic) bond motifs is 1. The molecule has 2 saturated heterocycles. The summed E-state index contributed by atoms with van der Waals surface area (Å²) in [5, 5.41) is 4.35. The van der Waals surface area contributed by atoms with Crippen LogP contribution in [-0.4, -0.2) is 69.8 Å². The van der Waals surface area contributed by atoms with Crippen LogP contribution in [-0.2, 0) is 9.53 Å². The molecule has 2 fully saturated rings. The van der Waals surface area contributed by atoms with Crippen molar-refractivity contribution in [2.45, 2.75) is 26.7 Å². The fourth-order valence-corrected chi connectivity index (χ4v) is 3.80. The van der Waals surface area contributed by atoms with Crippen LogP contribution in [0, 0.1) is 19.8 Å². The minimum atomic E-state index is 0.0262. The maximum absolute atomic E-state index is 12.9. The van der Waals surface area contributed by atoms with Crippen LogP contribution in [0.15, 0.2) is 6.33 Å². The van der Waals surface area contributed by atoms with Crippen molar-refractivity contribution in [2.75, 3.05) is 44.3 Å². The van der Waals surface area contributed by atoms with Gasteiger partial charge >= 0.3 is 0 Å². The number of hydrogen-bond acceptors (Lipinski definition) is 6. The van der Waals surface area contributed by atoms with Crippen molar-refractivity contribution in [2.24, 2.45) is 5.92 Å². The van der Waals surface area contributed by atoms with Gasteiger partial charge in [-0.3, -0.25) is 4.79 Å². The third-order valence-corrected chi connectivity index (χ3v) is 5.27. The van der Waals surface area contributed by atoms with Crippen LogP contribution in [0.4, 0.5) is 5.82 Å². The zero-order valence-electron chi connectivity index (χ0n) is 14.8. The van der Waals surface area contributed by atoms with E-state index in [0.717, 1.165) is 43.0 Å². The molecule has 8 nitrogen and oxygen atoms in total. The molecule has 2 aromatic heterocycles. The minimum Gasteiger partial charge on any atom is -0.378 e. The van der Waals surface area contributed by atoms with Gasteiger partial charge < -0.3 is 14.5 Å². The molecule has 0 aliphatic carbocycles. The SMILES string of the molecule is Cc1nc2ncnn2c(N2CCCC(C(=O)N3CCOCC3)C2)c1C. The van der Waals surface area contributed by atoms with Crippen LogP contribution in [0.25, 0.3) is 5.78 Å². The number of rotatable bonds is 2. The van der Waals surface area contributed by atoms with Gasteiger partial charge in [-0.05, 0) is 26.7 Å². The summed E-state index contributed by atoms with van der Waals surface area (Å²) in [5.74, 6) is 1.91. The van der Waals surface area contributed by atoms with Crippen LogP contribution in [0.2, 0.25) is 0 Å². The van der Waals surface area contributed by atoms with Gasteiger partial charge in [0.1, 0.15) is 12.1 Å². The molecule has 0 aromatic carbocycles. The lowest BCUT2D eigenvalue weighted by atomic mass is 9.96. The summed E-state index contributed by atoms with van der Waals surface area (Å²) in [7, 11) is 0. The van der Waals surface area contributed by atoms with Crippen molar-refractivity contribution in [1.82, 2.24) is 24.5 Å². The second kappa shape index (κ2) is 6.59. The molecule has 4 rings (SSSR count). The normalized spacial score (nSPS) is 21.8. The largest absolute Gasteiger partial charge is 0.378 e. The first kappa shape index (κ1) is 16.3. The Labute approximate surface area is 146 Å². The van der Waals surface area contributed by atoms with E-state index in [9.17, 15) is 4.79 Å². The van der Waals surface area contributed by atoms with Crippen molar-refractivity contribution in [3.05, 3.63) is 17.6 Å². The number of ether oxygens (including phenoxy) is 1. The van der Waals surface area contributed by atoms with E-state index in [1.165, 1.54) is 6.33 Å². The number of morpholine rings is 1. The second-order valence-corrected chi connectivity index (χ2v) is 6.84. The van der Waals surface area contributed by atoms with E-state index in [4.69, 9.17) is 4.74 Å². The fourth-order valence-electron chi connectivity index (χ4n) is 3.80. The van der Waals surface area contributed by atoms with E-state index in [-0.39, 0.29) is 11.8 Å². The molecule has 8 heteroatoms. The van der Waals surface area contributed by atoms with Crippen molar-refractivity contribution in [3.8, 4) is 0 Å². The van der Waals surface area contributed by atoms with Crippen LogP contribution in [0.5, 0.6) is 0 Å². The fraction of sp³-hybridized carbons (Fsp3) is 0.647. The summed E-state index contributed by atoms with van der Waals surface area (Å²) in [6.07, 6.45) is 3.47. The van der Waals surface area contributed by atoms with E-state index in [1.54, 1.807) is 4.52 Å². The summed E-state index contributed by atoms with van der Waals surface area (Å²) < 4.78 is 7.16. The highest BCUT2D eigenvalue weighted by molar-refractivity contribution is 5.80. The van der Waals surface area contributed by atoms with Crippen molar-refractivity contribution >= 4 is 17.5 Å². The third kappa shape index (κ3) is 2.95. The topological polar surface area (TPSA) is 75.9 Å². The van der Waals surface area contributed by atoms with Gasteiger partial charge in [0.25, 0.3) is 5.78 Å². The van der Waals surface area contributed by atoms with E-state index < -0.39 is 0 Å². The van der Waals surface area contributed by atoms with Gasteiger partial charge in [0, 0.05) is 37.4 Å². The molecule has 0 radical (unpaired) electrons. The van der Waals surface area contributed by atoms with Crippen LogP contribution in [0.1, 0.15) is 24.1 Å². The van der Waals surface area contributed by atoms with Gasteiger partial charge in [-0.2, -0.15) is 14.6 Å². The number of nitrogens with zero attached hydrogens (tertiary/aromatic N) is 6. The van der Waals surface area contributed by atoms with Gasteiger partial charge in [0.2, 0.25) is 5.91 Å². The Morgan fingerprint density at radius 3 is 2.84 bits per heavy atom. The quantitative estimate of drug-likeness (QED) is 0.803. The molecule has 2 aromatic rings. The number of anilines is 1. The Kier molecular flexibility index (Phi) is 4.29. The molecular formula is C17H24N6O2. The zero-order chi connectivity index (χ0) is 17.4. The highest BCUT2D eigenvalue weighted by atomic mass is 16.5. The van der Waals surface area contributed by atoms with Crippen molar-refractivity contribution < 1.29 is 9.53 Å². The molecule has 2 aliphatic heterocycles. The molecule has 0 spiro atoms. The van der Waals surface area contributed by atoms with Crippen molar-refractivity contribution in [3.63, 3.8) is 0 Å². The molecule has 1 amide bonds. The van der Waals surface area contributed by atoms with Gasteiger partial charge in [-0.15, -0.1) is 0 Å². The van der Waals surface area contributed by atoms with E-state index in [1.807, 2.05) is 11.8 Å². The summed E-state index contributed by atoms with van der Waals surface area (Å²) in [6.45, 7) is 8.39. The van der Waals surface area contributed by atoms with Crippen LogP contribution < -0.4 is 4.90 Å². The first-order chi connectivity index (χ1) is 12.1. The number of carbonyl (C=O) groups excluding carboxylic acids is 1. The Balaban J connectivity index is 1.60. The molecule has 0 bridgehead atoms. The molecule has 4 heterocycles. The van der Waals surface area contributed by atoms with Gasteiger partial charge in [-0.25, -0.2) is 4.98 Å². The highest BCUT2D eigenvalue weighted by Crippen LogP contribution is 2.28. The molecule has 0 N–H and O–H groups in total. The number of amides is 1. The van der Waals surface area contributed by atoms with E-state index >= 15 is 0 Å². The maximum Gasteiger partial charge on any atom is 0.254 e. The summed E-state index contributed by atoms with van der Waals surface area (Å²) in [4.78, 5) is 25.8. The summed E-state index contributed by atoms with van der Waals surface area (Å²) in [5.41, 5.74) is 2.05. The lowest BCUT2D eigenvalue weighted by Gasteiger charge is -2.37. The predicted molar refractivity (Wildman–Crippen MR) is 92.6 cm³/mol. The predicted octanol–water partition coefficient (Wildman–Crippen LogP) is 0.816. The van der Waals surface area contributed by atoms with E-state index in [0.29, 0.717) is 32.1 Å². The number of aryl methyl sites for hydroxylation is 1. The van der Waals surface area contributed by atoms with Gasteiger partial charge in [0.15, 0.2) is 0 Å². The molecule has 2 aliphatic rings. The monoisotopic (exact) mass is 344 g/mol. The van der Waals surface area contributed by atoms with Crippen LogP contribution in [0.3, 0.4) is 0 Å². The van der Waals surface area contributed by atoms with Gasteiger partial charge in [-0.1, -0.05) is 0 Å². The first-order valence-corrected chi connectivity index (χ1v) is 8.93. The smallest absolute Gasteiger partial charge is 0.254 e. The number of aromatic nitrogens is 4. The summed E-state index contributed by atoms with van der Waals surface area (Å²) in [6, 6.07) is 0. The first-order valence-electron chi connectivity index (χ1n) is 8.93. The van der Waals surface area contributed by atoms with Crippen molar-refractivity contribution in [1.29, 1.82) is 0 Å². The minimum absolute atomic E-state index is 0.0262. The van der Waals surface area contributed by atoms with Crippen LogP contribution >= 0.6 is 0 Å². The Morgan fingerprint density at radius 2 is 2.04 bits per heavy atom. The average Bonchev–Trinajstić information content (AvgIpc) is 3.10. The number of carbonyl (C=O) groups is 1. The Morgan fingerprint density at radius 1 is 1.24 bits per heavy atom. The molecule has 1 unspecified atom stereocenters. The molecule has 1 atom stereocenters. The highest BCUT2D eigenvalue weighted by Gasteiger charge is 2.32. The zero-order valence-corrected chi connectivity index (χ0v) is 14.8. The molecule has 25 heavy (non-hydrogen) atoms. The number of hydrogen-bond donors (Lipinski definition) is 0. The summed E-state index contributed by atoms with van der Waals surface area (Å²) >= 11 is 0. The standard InChI is InChI=1S/C17H24N6O2/c1-12-13(2)20-17-18-11-19-23(17)15(12)22-5-3-4-14(10-22)16(24)21-6-8-25-9-7-21/h11,14H,3-10H2,1-2H3. The lowest BCUT2D eigenvalue weighted by molar-refractivity contribution is -0.139. The Bertz CT molecular complexity index is 783.